The number of nitrogens with zero attached hydrogens (tertiary/aromatic N) is 1. The van der Waals surface area contributed by atoms with E-state index in [9.17, 15) is 18.0 Å². The molecule has 9 heteroatoms. The summed E-state index contributed by atoms with van der Waals surface area (Å²) in [5, 5.41) is 0. The van der Waals surface area contributed by atoms with Crippen LogP contribution in [0.25, 0.3) is 0 Å². The second kappa shape index (κ2) is 9.34. The number of carbonyl (C=O) groups excluding carboxylic acids is 2. The average Bonchev–Trinajstić information content (AvgIpc) is 2.94. The molecule has 1 aliphatic rings. The van der Waals surface area contributed by atoms with E-state index in [2.05, 4.69) is 4.72 Å². The van der Waals surface area contributed by atoms with E-state index in [0.717, 1.165) is 0 Å². The van der Waals surface area contributed by atoms with Gasteiger partial charge in [-0.25, -0.2) is 22.7 Å². The number of hydrogen-bond acceptors (Lipinski definition) is 7. The number of esters is 2. The third kappa shape index (κ3) is 4.68. The minimum Gasteiger partial charge on any atom is -0.465 e. The van der Waals surface area contributed by atoms with Crippen LogP contribution in [-0.4, -0.2) is 41.1 Å². The summed E-state index contributed by atoms with van der Waals surface area (Å²) in [6.07, 6.45) is 6.90. The van der Waals surface area contributed by atoms with E-state index in [0.29, 0.717) is 18.7 Å². The van der Waals surface area contributed by atoms with E-state index in [4.69, 9.17) is 9.47 Å². The smallest absolute Gasteiger partial charge is 0.355 e. The van der Waals surface area contributed by atoms with Crippen molar-refractivity contribution < 1.29 is 27.5 Å². The van der Waals surface area contributed by atoms with Crippen LogP contribution >= 0.6 is 0 Å². The molecule has 0 spiro atoms. The molecule has 1 aliphatic heterocycles. The van der Waals surface area contributed by atoms with E-state index in [-0.39, 0.29) is 16.2 Å². The fourth-order valence-electron chi connectivity index (χ4n) is 2.47. The fraction of sp³-hybridized carbons (Fsp3) is 0.263. The lowest BCUT2D eigenvalue weighted by molar-refractivity contribution is -0.139. The van der Waals surface area contributed by atoms with Crippen molar-refractivity contribution in [2.75, 3.05) is 25.7 Å². The van der Waals surface area contributed by atoms with E-state index in [1.54, 1.807) is 18.4 Å². The van der Waals surface area contributed by atoms with E-state index in [1.807, 2.05) is 6.92 Å². The van der Waals surface area contributed by atoms with Crippen LogP contribution in [0.5, 0.6) is 0 Å². The molecule has 0 saturated carbocycles. The Balaban J connectivity index is 2.49. The first kappa shape index (κ1) is 21.4. The van der Waals surface area contributed by atoms with Crippen LogP contribution in [0.1, 0.15) is 13.3 Å². The van der Waals surface area contributed by atoms with Crippen molar-refractivity contribution in [3.8, 4) is 0 Å². The quantitative estimate of drug-likeness (QED) is 0.690. The molecule has 28 heavy (non-hydrogen) atoms. The van der Waals surface area contributed by atoms with E-state index < -0.39 is 22.0 Å². The largest absolute Gasteiger partial charge is 0.465 e. The summed E-state index contributed by atoms with van der Waals surface area (Å²) in [5.74, 6) is -1.44. The molecule has 0 fully saturated rings. The third-order valence-electron chi connectivity index (χ3n) is 3.86. The number of nitrogens with one attached hydrogen (secondary N) is 1. The molecule has 0 atom stereocenters. The minimum atomic E-state index is -3.62. The minimum absolute atomic E-state index is 0.0145. The van der Waals surface area contributed by atoms with Crippen LogP contribution in [-0.2, 0) is 29.1 Å². The van der Waals surface area contributed by atoms with Gasteiger partial charge in [-0.2, -0.15) is 0 Å². The Morgan fingerprint density at radius 3 is 2.25 bits per heavy atom. The number of sulfonamides is 1. The summed E-state index contributed by atoms with van der Waals surface area (Å²) in [6.45, 7) is 2.20. The molecule has 0 amide bonds. The number of benzene rings is 1. The van der Waals surface area contributed by atoms with Gasteiger partial charge in [0, 0.05) is 18.4 Å². The number of anilines is 1. The summed E-state index contributed by atoms with van der Waals surface area (Å²) in [7, 11) is -1.20. The summed E-state index contributed by atoms with van der Waals surface area (Å²) in [5.41, 5.74) is 0.441. The molecule has 150 valence electrons. The van der Waals surface area contributed by atoms with Crippen LogP contribution in [0.15, 0.2) is 64.9 Å². The van der Waals surface area contributed by atoms with E-state index in [1.165, 1.54) is 49.5 Å². The van der Waals surface area contributed by atoms with E-state index >= 15 is 0 Å². The van der Waals surface area contributed by atoms with Crippen molar-refractivity contribution >= 4 is 27.6 Å². The molecule has 1 aromatic rings. The van der Waals surface area contributed by atoms with Gasteiger partial charge in [-0.1, -0.05) is 13.0 Å². The summed E-state index contributed by atoms with van der Waals surface area (Å²) in [4.78, 5) is 26.0. The highest BCUT2D eigenvalue weighted by atomic mass is 32.2. The van der Waals surface area contributed by atoms with Crippen LogP contribution in [0.3, 0.4) is 0 Å². The van der Waals surface area contributed by atoms with Crippen LogP contribution < -0.4 is 9.62 Å². The van der Waals surface area contributed by atoms with Gasteiger partial charge in [0.1, 0.15) is 5.70 Å². The molecule has 0 bridgehead atoms. The zero-order valence-corrected chi connectivity index (χ0v) is 16.7. The molecule has 8 nitrogen and oxygen atoms in total. The molecular weight excluding hydrogens is 384 g/mol. The maximum atomic E-state index is 12.4. The van der Waals surface area contributed by atoms with Gasteiger partial charge in [0.15, 0.2) is 0 Å². The Morgan fingerprint density at radius 1 is 1.04 bits per heavy atom. The predicted octanol–water partition coefficient (Wildman–Crippen LogP) is 1.86. The highest BCUT2D eigenvalue weighted by Crippen LogP contribution is 2.27. The van der Waals surface area contributed by atoms with Crippen molar-refractivity contribution in [1.29, 1.82) is 0 Å². The highest BCUT2D eigenvalue weighted by molar-refractivity contribution is 7.89. The van der Waals surface area contributed by atoms with Gasteiger partial charge in [0.05, 0.1) is 24.7 Å². The molecule has 0 unspecified atom stereocenters. The lowest BCUT2D eigenvalue weighted by atomic mass is 10.1. The molecular formula is C19H22N2O6S. The Morgan fingerprint density at radius 2 is 1.68 bits per heavy atom. The van der Waals surface area contributed by atoms with Gasteiger partial charge in [0.25, 0.3) is 0 Å². The third-order valence-corrected chi connectivity index (χ3v) is 5.33. The van der Waals surface area contributed by atoms with Crippen molar-refractivity contribution in [2.45, 2.75) is 18.2 Å². The van der Waals surface area contributed by atoms with Crippen LogP contribution in [0.4, 0.5) is 5.69 Å². The maximum Gasteiger partial charge on any atom is 0.355 e. The first-order chi connectivity index (χ1) is 13.4. The van der Waals surface area contributed by atoms with Gasteiger partial charge >= 0.3 is 11.9 Å². The number of carbonyl (C=O) groups is 2. The topological polar surface area (TPSA) is 102 Å². The number of allylic oxidation sites excluding steroid dienone is 2. The summed E-state index contributed by atoms with van der Waals surface area (Å²) < 4.78 is 36.6. The van der Waals surface area contributed by atoms with Gasteiger partial charge in [-0.3, -0.25) is 0 Å². The first-order valence-corrected chi connectivity index (χ1v) is 9.98. The standard InChI is InChI=1S/C19H22N2O6S/c1-4-12-20-28(24,25)15-10-8-14(9-11-15)21-13-6-5-7-16(18(22)26-2)17(21)19(23)27-3/h5-11,13,20H,4,12H2,1-3H3. The maximum absolute atomic E-state index is 12.4. The van der Waals surface area contributed by atoms with Crippen molar-refractivity contribution in [3.05, 3.63) is 60.0 Å². The Labute approximate surface area is 164 Å². The zero-order valence-electron chi connectivity index (χ0n) is 15.8. The van der Waals surface area contributed by atoms with Crippen LogP contribution in [0.2, 0.25) is 0 Å². The van der Waals surface area contributed by atoms with Crippen molar-refractivity contribution in [1.82, 2.24) is 4.72 Å². The fourth-order valence-corrected chi connectivity index (χ4v) is 3.61. The number of hydrogen-bond donors (Lipinski definition) is 1. The lowest BCUT2D eigenvalue weighted by Crippen LogP contribution is -2.27. The Kier molecular flexibility index (Phi) is 7.13. The molecule has 0 radical (unpaired) electrons. The normalized spacial score (nSPS) is 14.0. The monoisotopic (exact) mass is 406 g/mol. The molecule has 1 N–H and O–H groups in total. The van der Waals surface area contributed by atoms with Gasteiger partial charge in [-0.05, 0) is 42.8 Å². The number of rotatable bonds is 7. The summed E-state index contributed by atoms with van der Waals surface area (Å²) >= 11 is 0. The van der Waals surface area contributed by atoms with Gasteiger partial charge in [-0.15, -0.1) is 0 Å². The van der Waals surface area contributed by atoms with Gasteiger partial charge < -0.3 is 14.4 Å². The lowest BCUT2D eigenvalue weighted by Gasteiger charge is -2.23. The molecule has 1 aromatic carbocycles. The number of methoxy groups -OCH3 is 2. The second-order valence-corrected chi connectivity index (χ2v) is 7.47. The SMILES string of the molecule is CCCNS(=O)(=O)c1ccc(N2C=CC=CC(C(=O)OC)=C2C(=O)OC)cc1. The van der Waals surface area contributed by atoms with Crippen LogP contribution in [0, 0.1) is 0 Å². The Hall–Kier alpha value is -2.91. The number of ether oxygens (including phenoxy) is 2. The highest BCUT2D eigenvalue weighted by Gasteiger charge is 2.27. The van der Waals surface area contributed by atoms with Crippen molar-refractivity contribution in [2.24, 2.45) is 0 Å². The predicted molar refractivity (Wildman–Crippen MR) is 104 cm³/mol. The average molecular weight is 406 g/mol. The molecule has 2 rings (SSSR count). The molecule has 0 aromatic heterocycles. The van der Waals surface area contributed by atoms with Crippen molar-refractivity contribution in [3.63, 3.8) is 0 Å². The molecule has 0 saturated heterocycles. The zero-order chi connectivity index (χ0) is 20.7. The molecule has 0 aliphatic carbocycles. The molecule has 1 heterocycles. The summed E-state index contributed by atoms with van der Waals surface area (Å²) in [6, 6.07) is 5.92. The van der Waals surface area contributed by atoms with Gasteiger partial charge in [0.2, 0.25) is 10.0 Å². The second-order valence-electron chi connectivity index (χ2n) is 5.71. The first-order valence-electron chi connectivity index (χ1n) is 8.50. The Bertz CT molecular complexity index is 930.